The van der Waals surface area contributed by atoms with Crippen molar-refractivity contribution in [3.63, 3.8) is 0 Å². The Kier molecular flexibility index (Phi) is 7.69. The zero-order valence-electron chi connectivity index (χ0n) is 13.3. The minimum Gasteiger partial charge on any atom is -0.348 e. The van der Waals surface area contributed by atoms with E-state index in [0.29, 0.717) is 11.7 Å². The van der Waals surface area contributed by atoms with E-state index in [0.717, 1.165) is 30.0 Å². The first-order valence-electron chi connectivity index (χ1n) is 8.21. The smallest absolute Gasteiger partial charge is 0.270 e. The Morgan fingerprint density at radius 1 is 1.41 bits per heavy atom. The number of carbonyl (C=O) groups is 1. The second kappa shape index (κ2) is 9.53. The average molecular weight is 342 g/mol. The number of nitrogens with zero attached hydrogens (tertiary/aromatic N) is 1. The van der Waals surface area contributed by atoms with Gasteiger partial charge in [-0.25, -0.2) is 4.98 Å². The first kappa shape index (κ1) is 17.8. The van der Waals surface area contributed by atoms with Gasteiger partial charge in [0.15, 0.2) is 0 Å². The molecule has 0 bridgehead atoms. The van der Waals surface area contributed by atoms with E-state index >= 15 is 0 Å². The predicted octanol–water partition coefficient (Wildman–Crippen LogP) is 3.74. The van der Waals surface area contributed by atoms with Gasteiger partial charge in [0.1, 0.15) is 10.7 Å². The maximum Gasteiger partial charge on any atom is 0.270 e. The summed E-state index contributed by atoms with van der Waals surface area (Å²) >= 11 is 3.28. The molecule has 0 aromatic carbocycles. The van der Waals surface area contributed by atoms with Gasteiger partial charge in [0, 0.05) is 11.4 Å². The summed E-state index contributed by atoms with van der Waals surface area (Å²) in [6, 6.07) is 0.253. The lowest BCUT2D eigenvalue weighted by atomic mass is 9.97. The van der Waals surface area contributed by atoms with Crippen LogP contribution in [-0.2, 0) is 0 Å². The van der Waals surface area contributed by atoms with Gasteiger partial charge in [-0.1, -0.05) is 32.1 Å². The third kappa shape index (κ3) is 5.56. The highest BCUT2D eigenvalue weighted by Gasteiger charge is 2.18. The van der Waals surface area contributed by atoms with Crippen LogP contribution in [0.5, 0.6) is 0 Å². The molecule has 1 unspecified atom stereocenters. The average Bonchev–Trinajstić information content (AvgIpc) is 2.97. The molecule has 1 aliphatic carbocycles. The van der Waals surface area contributed by atoms with Crippen LogP contribution >= 0.6 is 23.1 Å². The van der Waals surface area contributed by atoms with Crippen LogP contribution in [0.1, 0.15) is 72.9 Å². The lowest BCUT2D eigenvalue weighted by Crippen LogP contribution is -2.35. The van der Waals surface area contributed by atoms with E-state index in [1.54, 1.807) is 11.8 Å². The van der Waals surface area contributed by atoms with Gasteiger partial charge in [0.05, 0.1) is 6.04 Å². The molecule has 1 fully saturated rings. The third-order valence-electron chi connectivity index (χ3n) is 4.15. The Balaban J connectivity index is 1.87. The lowest BCUT2D eigenvalue weighted by Gasteiger charge is -2.20. The highest BCUT2D eigenvalue weighted by atomic mass is 32.2. The van der Waals surface area contributed by atoms with Gasteiger partial charge in [0.2, 0.25) is 0 Å². The maximum atomic E-state index is 12.3. The van der Waals surface area contributed by atoms with Crippen molar-refractivity contribution in [2.45, 2.75) is 63.5 Å². The fraction of sp³-hybridized carbons (Fsp3) is 0.750. The standard InChI is InChI=1S/C16H27N3OS2/c1-21-10-9-13(17)16-19-14(11-22-16)15(20)18-12-7-5-3-2-4-6-8-12/h11-13H,2-10,17H2,1H3,(H,18,20). The minimum atomic E-state index is -0.0552. The van der Waals surface area contributed by atoms with Crippen LogP contribution in [-0.4, -0.2) is 28.9 Å². The first-order chi connectivity index (χ1) is 10.7. The molecule has 4 nitrogen and oxygen atoms in total. The molecule has 1 saturated carbocycles. The van der Waals surface area contributed by atoms with Crippen molar-refractivity contribution in [3.05, 3.63) is 16.1 Å². The molecule has 1 atom stereocenters. The zero-order valence-corrected chi connectivity index (χ0v) is 15.0. The van der Waals surface area contributed by atoms with Crippen LogP contribution in [0.2, 0.25) is 0 Å². The normalized spacial score (nSPS) is 18.5. The monoisotopic (exact) mass is 341 g/mol. The Morgan fingerprint density at radius 2 is 2.09 bits per heavy atom. The molecule has 1 amide bonds. The minimum absolute atomic E-state index is 0.0369. The van der Waals surface area contributed by atoms with Gasteiger partial charge in [-0.3, -0.25) is 4.79 Å². The summed E-state index contributed by atoms with van der Waals surface area (Å²) < 4.78 is 0. The van der Waals surface area contributed by atoms with Crippen molar-refractivity contribution in [1.29, 1.82) is 0 Å². The Bertz CT molecular complexity index is 456. The van der Waals surface area contributed by atoms with Gasteiger partial charge in [-0.05, 0) is 31.3 Å². The third-order valence-corrected chi connectivity index (χ3v) is 5.77. The second-order valence-corrected chi connectivity index (χ2v) is 7.85. The lowest BCUT2D eigenvalue weighted by molar-refractivity contribution is 0.0926. The number of nitrogens with two attached hydrogens (primary N) is 1. The number of nitrogens with one attached hydrogen (secondary N) is 1. The van der Waals surface area contributed by atoms with E-state index in [2.05, 4.69) is 16.6 Å². The molecular weight excluding hydrogens is 314 g/mol. The molecule has 1 heterocycles. The largest absolute Gasteiger partial charge is 0.348 e. The molecule has 0 aliphatic heterocycles. The molecule has 0 spiro atoms. The van der Waals surface area contributed by atoms with Crippen molar-refractivity contribution < 1.29 is 4.79 Å². The van der Waals surface area contributed by atoms with E-state index < -0.39 is 0 Å². The molecule has 3 N–H and O–H groups in total. The number of hydrogen-bond donors (Lipinski definition) is 2. The van der Waals surface area contributed by atoms with Gasteiger partial charge in [0.25, 0.3) is 5.91 Å². The van der Waals surface area contributed by atoms with Crippen LogP contribution < -0.4 is 11.1 Å². The summed E-state index contributed by atoms with van der Waals surface area (Å²) in [6.45, 7) is 0. The van der Waals surface area contributed by atoms with Crippen molar-refractivity contribution in [2.75, 3.05) is 12.0 Å². The van der Waals surface area contributed by atoms with E-state index in [9.17, 15) is 4.79 Å². The van der Waals surface area contributed by atoms with Gasteiger partial charge >= 0.3 is 0 Å². The molecule has 0 radical (unpaired) electrons. The summed E-state index contributed by atoms with van der Waals surface area (Å²) in [7, 11) is 0. The van der Waals surface area contributed by atoms with Gasteiger partial charge in [-0.2, -0.15) is 11.8 Å². The molecule has 0 saturated heterocycles. The summed E-state index contributed by atoms with van der Waals surface area (Å²) in [5.74, 6) is 0.981. The highest BCUT2D eigenvalue weighted by Crippen LogP contribution is 2.21. The van der Waals surface area contributed by atoms with E-state index in [4.69, 9.17) is 5.73 Å². The molecule has 124 valence electrons. The second-order valence-electron chi connectivity index (χ2n) is 5.97. The number of thioether (sulfide) groups is 1. The zero-order chi connectivity index (χ0) is 15.8. The number of carbonyl (C=O) groups excluding carboxylic acids is 1. The van der Waals surface area contributed by atoms with Gasteiger partial charge < -0.3 is 11.1 Å². The number of aromatic nitrogens is 1. The van der Waals surface area contributed by atoms with Crippen molar-refractivity contribution >= 4 is 29.0 Å². The number of thiazole rings is 1. The Hall–Kier alpha value is -0.590. The van der Waals surface area contributed by atoms with E-state index in [1.807, 2.05) is 5.38 Å². The van der Waals surface area contributed by atoms with Crippen molar-refractivity contribution in [2.24, 2.45) is 5.73 Å². The topological polar surface area (TPSA) is 68.0 Å². The number of hydrogen-bond acceptors (Lipinski definition) is 5. The number of amides is 1. The number of rotatable bonds is 6. The molecule has 1 aromatic rings. The first-order valence-corrected chi connectivity index (χ1v) is 10.5. The summed E-state index contributed by atoms with van der Waals surface area (Å²) in [5, 5.41) is 5.87. The summed E-state index contributed by atoms with van der Waals surface area (Å²) in [6.07, 6.45) is 11.5. The molecule has 1 aliphatic rings. The molecule has 1 aromatic heterocycles. The Labute approximate surface area is 141 Å². The quantitative estimate of drug-likeness (QED) is 0.827. The summed E-state index contributed by atoms with van der Waals surface area (Å²) in [4.78, 5) is 16.8. The van der Waals surface area contributed by atoms with Crippen molar-refractivity contribution in [1.82, 2.24) is 10.3 Å². The van der Waals surface area contributed by atoms with E-state index in [1.165, 1.54) is 43.4 Å². The molecule has 2 rings (SSSR count). The van der Waals surface area contributed by atoms with Crippen LogP contribution in [0.15, 0.2) is 5.38 Å². The van der Waals surface area contributed by atoms with Crippen LogP contribution in [0.25, 0.3) is 0 Å². The molecule has 6 heteroatoms. The van der Waals surface area contributed by atoms with Crippen molar-refractivity contribution in [3.8, 4) is 0 Å². The van der Waals surface area contributed by atoms with Crippen LogP contribution in [0.4, 0.5) is 0 Å². The summed E-state index contributed by atoms with van der Waals surface area (Å²) in [5.41, 5.74) is 6.65. The van der Waals surface area contributed by atoms with Crippen LogP contribution in [0, 0.1) is 0 Å². The van der Waals surface area contributed by atoms with E-state index in [-0.39, 0.29) is 11.9 Å². The van der Waals surface area contributed by atoms with Gasteiger partial charge in [-0.15, -0.1) is 11.3 Å². The predicted molar refractivity (Wildman–Crippen MR) is 95.6 cm³/mol. The maximum absolute atomic E-state index is 12.3. The van der Waals surface area contributed by atoms with Crippen LogP contribution in [0.3, 0.4) is 0 Å². The fourth-order valence-electron chi connectivity index (χ4n) is 2.79. The molecular formula is C16H27N3OS2. The highest BCUT2D eigenvalue weighted by molar-refractivity contribution is 7.98. The fourth-order valence-corrected chi connectivity index (χ4v) is 4.12. The Morgan fingerprint density at radius 3 is 2.77 bits per heavy atom. The molecule has 22 heavy (non-hydrogen) atoms. The SMILES string of the molecule is CSCCC(N)c1nc(C(=O)NC2CCCCCCC2)cs1.